The summed E-state index contributed by atoms with van der Waals surface area (Å²) in [5.74, 6) is 0.430. The number of ether oxygens (including phenoxy) is 1. The van der Waals surface area contributed by atoms with E-state index >= 15 is 0 Å². The number of nitrogens with zero attached hydrogens (tertiary/aromatic N) is 1. The topological polar surface area (TPSA) is 79.2 Å². The van der Waals surface area contributed by atoms with E-state index in [4.69, 9.17) is 10.00 Å². The fourth-order valence-electron chi connectivity index (χ4n) is 2.30. The van der Waals surface area contributed by atoms with Gasteiger partial charge in [-0.15, -0.1) is 0 Å². The summed E-state index contributed by atoms with van der Waals surface area (Å²) in [7, 11) is 3.87. The van der Waals surface area contributed by atoms with Crippen molar-refractivity contribution in [3.63, 3.8) is 0 Å². The summed E-state index contributed by atoms with van der Waals surface area (Å²) in [6, 6.07) is 8.69. The summed E-state index contributed by atoms with van der Waals surface area (Å²) in [5, 5.41) is 12.3. The highest BCUT2D eigenvalue weighted by molar-refractivity contribution is 8.77. The van der Waals surface area contributed by atoms with Crippen LogP contribution in [0.4, 0.5) is 5.69 Å². The number of carbonyl (C=O) groups excluding carboxylic acids is 2. The second-order valence-electron chi connectivity index (χ2n) is 5.44. The number of nitriles is 1. The predicted molar refractivity (Wildman–Crippen MR) is 97.7 cm³/mol. The maximum absolute atomic E-state index is 11.8. The monoisotopic (exact) mass is 364 g/mol. The lowest BCUT2D eigenvalue weighted by Crippen LogP contribution is -2.21. The first-order valence-electron chi connectivity index (χ1n) is 7.92. The minimum atomic E-state index is -0.439. The van der Waals surface area contributed by atoms with Crippen molar-refractivity contribution in [2.45, 2.75) is 37.4 Å². The summed E-state index contributed by atoms with van der Waals surface area (Å²) < 4.78 is 4.98. The van der Waals surface area contributed by atoms with Crippen molar-refractivity contribution in [2.24, 2.45) is 0 Å². The van der Waals surface area contributed by atoms with Gasteiger partial charge in [0.25, 0.3) is 5.91 Å². The molecule has 1 aromatic rings. The van der Waals surface area contributed by atoms with Gasteiger partial charge in [0.05, 0.1) is 11.3 Å². The lowest BCUT2D eigenvalue weighted by molar-refractivity contribution is -0.147. The van der Waals surface area contributed by atoms with Crippen molar-refractivity contribution < 1.29 is 14.3 Å². The average molecular weight is 364 g/mol. The maximum atomic E-state index is 11.8. The second-order valence-corrected chi connectivity index (χ2v) is 8.23. The third-order valence-electron chi connectivity index (χ3n) is 3.57. The van der Waals surface area contributed by atoms with Crippen LogP contribution in [-0.2, 0) is 14.3 Å². The molecule has 7 heteroatoms. The van der Waals surface area contributed by atoms with Gasteiger partial charge in [0.15, 0.2) is 6.61 Å². The molecule has 0 radical (unpaired) electrons. The number of benzene rings is 1. The molecular weight excluding hydrogens is 344 g/mol. The average Bonchev–Trinajstić information content (AvgIpc) is 3.11. The molecule has 1 fully saturated rings. The Morgan fingerprint density at radius 3 is 2.92 bits per heavy atom. The molecule has 2 rings (SSSR count). The quantitative estimate of drug-likeness (QED) is 0.430. The second kappa shape index (κ2) is 10.3. The van der Waals surface area contributed by atoms with Gasteiger partial charge in [-0.1, -0.05) is 40.1 Å². The number of esters is 1. The number of amides is 1. The molecule has 128 valence electrons. The summed E-state index contributed by atoms with van der Waals surface area (Å²) in [4.78, 5) is 23.4. The van der Waals surface area contributed by atoms with E-state index in [1.54, 1.807) is 24.3 Å². The minimum absolute atomic E-state index is 0.326. The molecule has 0 saturated carbocycles. The van der Waals surface area contributed by atoms with Gasteiger partial charge in [-0.3, -0.25) is 9.59 Å². The number of para-hydroxylation sites is 1. The zero-order valence-electron chi connectivity index (χ0n) is 13.3. The van der Waals surface area contributed by atoms with Gasteiger partial charge in [-0.2, -0.15) is 5.26 Å². The molecule has 1 saturated heterocycles. The molecule has 0 aromatic heterocycles. The van der Waals surface area contributed by atoms with Gasteiger partial charge in [0.1, 0.15) is 6.07 Å². The van der Waals surface area contributed by atoms with Crippen LogP contribution in [-0.4, -0.2) is 29.5 Å². The van der Waals surface area contributed by atoms with E-state index in [0.29, 0.717) is 17.7 Å². The molecule has 1 aliphatic heterocycles. The van der Waals surface area contributed by atoms with Crippen molar-refractivity contribution in [3.05, 3.63) is 29.8 Å². The highest BCUT2D eigenvalue weighted by Gasteiger charge is 2.16. The van der Waals surface area contributed by atoms with Crippen LogP contribution in [0.5, 0.6) is 0 Å². The van der Waals surface area contributed by atoms with Crippen LogP contribution in [0.3, 0.4) is 0 Å². The zero-order valence-corrected chi connectivity index (χ0v) is 15.0. The smallest absolute Gasteiger partial charge is 0.306 e. The van der Waals surface area contributed by atoms with Crippen LogP contribution in [0.15, 0.2) is 24.3 Å². The van der Waals surface area contributed by atoms with Crippen LogP contribution in [0, 0.1) is 11.3 Å². The third-order valence-corrected chi connectivity index (χ3v) is 6.58. The Morgan fingerprint density at radius 2 is 2.17 bits per heavy atom. The lowest BCUT2D eigenvalue weighted by atomic mass is 10.1. The van der Waals surface area contributed by atoms with Gasteiger partial charge in [0.2, 0.25) is 0 Å². The number of hydrogen-bond donors (Lipinski definition) is 1. The Labute approximate surface area is 149 Å². The third kappa shape index (κ3) is 6.46. The molecule has 1 aliphatic rings. The van der Waals surface area contributed by atoms with Gasteiger partial charge in [0, 0.05) is 17.4 Å². The van der Waals surface area contributed by atoms with E-state index in [1.165, 1.54) is 12.2 Å². The Kier molecular flexibility index (Phi) is 7.99. The van der Waals surface area contributed by atoms with E-state index in [1.807, 2.05) is 27.7 Å². The molecule has 0 spiro atoms. The Balaban J connectivity index is 1.60. The van der Waals surface area contributed by atoms with E-state index in [-0.39, 0.29) is 12.6 Å². The fraction of sp³-hybridized carbons (Fsp3) is 0.471. The largest absolute Gasteiger partial charge is 0.456 e. The molecule has 5 nitrogen and oxygen atoms in total. The Morgan fingerprint density at radius 1 is 1.33 bits per heavy atom. The SMILES string of the molecule is N#Cc1ccccc1NC(=O)COC(=O)CCCC[C@@H]1CCSS1. The van der Waals surface area contributed by atoms with Crippen LogP contribution in [0.25, 0.3) is 0 Å². The molecule has 1 amide bonds. The molecule has 1 aromatic carbocycles. The molecule has 1 heterocycles. The van der Waals surface area contributed by atoms with Crippen molar-refractivity contribution in [1.82, 2.24) is 0 Å². The minimum Gasteiger partial charge on any atom is -0.456 e. The normalized spacial score (nSPS) is 16.4. The molecule has 24 heavy (non-hydrogen) atoms. The molecule has 0 aliphatic carbocycles. The first-order chi connectivity index (χ1) is 11.7. The molecule has 1 atom stereocenters. The molecular formula is C17H20N2O3S2. The summed E-state index contributed by atoms with van der Waals surface area (Å²) in [6.07, 6.45) is 4.53. The van der Waals surface area contributed by atoms with Crippen molar-refractivity contribution in [2.75, 3.05) is 17.7 Å². The van der Waals surface area contributed by atoms with Gasteiger partial charge >= 0.3 is 5.97 Å². The van der Waals surface area contributed by atoms with Crippen LogP contribution in [0.1, 0.15) is 37.7 Å². The number of nitrogens with one attached hydrogen (secondary N) is 1. The van der Waals surface area contributed by atoms with E-state index in [0.717, 1.165) is 24.5 Å². The van der Waals surface area contributed by atoms with Crippen LogP contribution in [0.2, 0.25) is 0 Å². The number of anilines is 1. The van der Waals surface area contributed by atoms with E-state index < -0.39 is 5.91 Å². The molecule has 0 unspecified atom stereocenters. The standard InChI is InChI=1S/C17H20N2O3S2/c18-11-13-5-1-3-7-15(13)19-16(20)12-22-17(21)8-4-2-6-14-9-10-23-24-14/h1,3,5,7,14H,2,4,6,8-10,12H2,(H,19,20)/t14-/m1/s1. The van der Waals surface area contributed by atoms with Crippen molar-refractivity contribution >= 4 is 39.2 Å². The first kappa shape index (κ1) is 18.7. The van der Waals surface area contributed by atoms with Gasteiger partial charge < -0.3 is 10.1 Å². The highest BCUT2D eigenvalue weighted by Crippen LogP contribution is 2.39. The number of carbonyl (C=O) groups is 2. The first-order valence-corrected chi connectivity index (χ1v) is 10.3. The van der Waals surface area contributed by atoms with Gasteiger partial charge in [-0.25, -0.2) is 0 Å². The zero-order chi connectivity index (χ0) is 17.2. The lowest BCUT2D eigenvalue weighted by Gasteiger charge is -2.08. The van der Waals surface area contributed by atoms with Crippen molar-refractivity contribution in [3.8, 4) is 6.07 Å². The summed E-state index contributed by atoms with van der Waals surface area (Å²) in [5.41, 5.74) is 0.799. The Bertz CT molecular complexity index is 610. The maximum Gasteiger partial charge on any atom is 0.306 e. The number of hydrogen-bond acceptors (Lipinski definition) is 6. The summed E-state index contributed by atoms with van der Waals surface area (Å²) >= 11 is 0. The van der Waals surface area contributed by atoms with E-state index in [9.17, 15) is 9.59 Å². The summed E-state index contributed by atoms with van der Waals surface area (Å²) in [6.45, 7) is -0.326. The fourth-order valence-corrected chi connectivity index (χ4v) is 5.33. The van der Waals surface area contributed by atoms with Gasteiger partial charge in [-0.05, 0) is 31.4 Å². The van der Waals surface area contributed by atoms with Crippen molar-refractivity contribution in [1.29, 1.82) is 5.26 Å². The number of rotatable bonds is 8. The van der Waals surface area contributed by atoms with Crippen LogP contribution >= 0.6 is 21.6 Å². The predicted octanol–water partition coefficient (Wildman–Crippen LogP) is 3.75. The molecule has 1 N–H and O–H groups in total. The number of unbranched alkanes of at least 4 members (excludes halogenated alkanes) is 1. The van der Waals surface area contributed by atoms with E-state index in [2.05, 4.69) is 5.32 Å². The van der Waals surface area contributed by atoms with Crippen LogP contribution < -0.4 is 5.32 Å². The highest BCUT2D eigenvalue weighted by atomic mass is 33.1. The molecule has 0 bridgehead atoms. The Hall–Kier alpha value is -1.65.